The molecule has 0 spiro atoms. The van der Waals surface area contributed by atoms with E-state index in [1.54, 1.807) is 0 Å². The van der Waals surface area contributed by atoms with Crippen LogP contribution in [0.4, 0.5) is 0 Å². The Labute approximate surface area is 128 Å². The second-order valence-electron chi connectivity index (χ2n) is 5.38. The molecule has 0 atom stereocenters. The first-order chi connectivity index (χ1) is 10.3. The predicted molar refractivity (Wildman–Crippen MR) is 88.6 cm³/mol. The number of benzene rings is 2. The van der Waals surface area contributed by atoms with Crippen LogP contribution >= 0.6 is 0 Å². The van der Waals surface area contributed by atoms with Gasteiger partial charge in [-0.15, -0.1) is 0 Å². The summed E-state index contributed by atoms with van der Waals surface area (Å²) in [5, 5.41) is 3.49. The van der Waals surface area contributed by atoms with Crippen molar-refractivity contribution in [1.29, 1.82) is 0 Å². The van der Waals surface area contributed by atoms with E-state index in [1.165, 1.54) is 23.1 Å². The summed E-state index contributed by atoms with van der Waals surface area (Å²) < 4.78 is 5.67. The third-order valence-electron chi connectivity index (χ3n) is 3.60. The lowest BCUT2D eigenvalue weighted by Gasteiger charge is -2.09. The van der Waals surface area contributed by atoms with Gasteiger partial charge in [-0.05, 0) is 42.2 Å². The van der Waals surface area contributed by atoms with E-state index in [-0.39, 0.29) is 0 Å². The smallest absolute Gasteiger partial charge is 0.119 e. The van der Waals surface area contributed by atoms with Gasteiger partial charge in [0.2, 0.25) is 0 Å². The van der Waals surface area contributed by atoms with E-state index in [0.717, 1.165) is 31.9 Å². The highest BCUT2D eigenvalue weighted by Crippen LogP contribution is 2.13. The van der Waals surface area contributed by atoms with Crippen LogP contribution in [-0.2, 0) is 13.1 Å². The summed E-state index contributed by atoms with van der Waals surface area (Å²) in [7, 11) is 0. The lowest BCUT2D eigenvalue weighted by atomic mass is 10.1. The van der Waals surface area contributed by atoms with Gasteiger partial charge < -0.3 is 10.1 Å². The van der Waals surface area contributed by atoms with E-state index in [9.17, 15) is 0 Å². The Kier molecular flexibility index (Phi) is 6.29. The molecule has 0 aliphatic heterocycles. The Hall–Kier alpha value is -1.80. The van der Waals surface area contributed by atoms with Crippen LogP contribution in [0, 0.1) is 6.92 Å². The molecule has 1 N–H and O–H groups in total. The van der Waals surface area contributed by atoms with Gasteiger partial charge in [-0.3, -0.25) is 0 Å². The molecule has 0 bridgehead atoms. The van der Waals surface area contributed by atoms with Crippen molar-refractivity contribution in [3.63, 3.8) is 0 Å². The van der Waals surface area contributed by atoms with Gasteiger partial charge in [0.15, 0.2) is 0 Å². The van der Waals surface area contributed by atoms with Crippen LogP contribution in [0.1, 0.15) is 36.5 Å². The molecule has 0 radical (unpaired) electrons. The van der Waals surface area contributed by atoms with Crippen molar-refractivity contribution in [2.75, 3.05) is 6.61 Å². The minimum absolute atomic E-state index is 0.807. The number of hydrogen-bond donors (Lipinski definition) is 1. The maximum Gasteiger partial charge on any atom is 0.119 e. The molecule has 0 aliphatic carbocycles. The Bertz CT molecular complexity index is 534. The lowest BCUT2D eigenvalue weighted by Crippen LogP contribution is -2.13. The Morgan fingerprint density at radius 3 is 2.43 bits per heavy atom. The molecule has 2 nitrogen and oxygen atoms in total. The van der Waals surface area contributed by atoms with Crippen molar-refractivity contribution >= 4 is 0 Å². The molecular weight excluding hydrogens is 258 g/mol. The fourth-order valence-electron chi connectivity index (χ4n) is 2.19. The minimum atomic E-state index is 0.807. The van der Waals surface area contributed by atoms with E-state index in [2.05, 4.69) is 67.7 Å². The summed E-state index contributed by atoms with van der Waals surface area (Å²) in [5.74, 6) is 0.964. The zero-order chi connectivity index (χ0) is 14.9. The third kappa shape index (κ3) is 5.24. The normalized spacial score (nSPS) is 10.6. The van der Waals surface area contributed by atoms with Gasteiger partial charge in [-0.25, -0.2) is 0 Å². The molecule has 2 aromatic rings. The molecule has 112 valence electrons. The van der Waals surface area contributed by atoms with Gasteiger partial charge in [0.05, 0.1) is 6.61 Å². The molecule has 21 heavy (non-hydrogen) atoms. The summed E-state index contributed by atoms with van der Waals surface area (Å²) in [6, 6.07) is 16.9. The van der Waals surface area contributed by atoms with Crippen molar-refractivity contribution in [2.24, 2.45) is 0 Å². The highest BCUT2D eigenvalue weighted by Gasteiger charge is 1.98. The molecule has 0 unspecified atom stereocenters. The monoisotopic (exact) mass is 283 g/mol. The van der Waals surface area contributed by atoms with Crippen LogP contribution in [0.5, 0.6) is 5.75 Å². The molecule has 0 amide bonds. The molecule has 0 aliphatic rings. The second-order valence-corrected chi connectivity index (χ2v) is 5.38. The van der Waals surface area contributed by atoms with Gasteiger partial charge in [0, 0.05) is 13.1 Å². The van der Waals surface area contributed by atoms with Crippen LogP contribution < -0.4 is 10.1 Å². The highest BCUT2D eigenvalue weighted by atomic mass is 16.5. The van der Waals surface area contributed by atoms with Gasteiger partial charge >= 0.3 is 0 Å². The second kappa shape index (κ2) is 8.48. The maximum absolute atomic E-state index is 5.67. The van der Waals surface area contributed by atoms with Crippen LogP contribution in [-0.4, -0.2) is 6.61 Å². The van der Waals surface area contributed by atoms with Crippen LogP contribution in [0.2, 0.25) is 0 Å². The number of hydrogen-bond acceptors (Lipinski definition) is 2. The van der Waals surface area contributed by atoms with Gasteiger partial charge in [0.25, 0.3) is 0 Å². The summed E-state index contributed by atoms with van der Waals surface area (Å²) in [4.78, 5) is 0. The van der Waals surface area contributed by atoms with E-state index >= 15 is 0 Å². The fraction of sp³-hybridized carbons (Fsp3) is 0.368. The molecular formula is C19H25NO. The summed E-state index contributed by atoms with van der Waals surface area (Å²) >= 11 is 0. The van der Waals surface area contributed by atoms with Gasteiger partial charge in [-0.1, -0.05) is 49.7 Å². The number of rotatable bonds is 8. The molecule has 0 saturated carbocycles. The Morgan fingerprint density at radius 2 is 1.71 bits per heavy atom. The lowest BCUT2D eigenvalue weighted by molar-refractivity contribution is 0.309. The summed E-state index contributed by atoms with van der Waals surface area (Å²) in [6.07, 6.45) is 2.28. The largest absolute Gasteiger partial charge is 0.494 e. The van der Waals surface area contributed by atoms with Crippen LogP contribution in [0.25, 0.3) is 0 Å². The van der Waals surface area contributed by atoms with E-state index in [4.69, 9.17) is 4.74 Å². The number of ether oxygens (including phenoxy) is 1. The molecule has 2 rings (SSSR count). The molecule has 0 heterocycles. The molecule has 2 aromatic carbocycles. The fourth-order valence-corrected chi connectivity index (χ4v) is 2.19. The van der Waals surface area contributed by atoms with Gasteiger partial charge in [0.1, 0.15) is 5.75 Å². The van der Waals surface area contributed by atoms with Gasteiger partial charge in [-0.2, -0.15) is 0 Å². The van der Waals surface area contributed by atoms with E-state index < -0.39 is 0 Å². The van der Waals surface area contributed by atoms with Crippen LogP contribution in [0.15, 0.2) is 48.5 Å². The predicted octanol–water partition coefficient (Wildman–Crippen LogP) is 4.46. The van der Waals surface area contributed by atoms with Crippen molar-refractivity contribution in [1.82, 2.24) is 5.32 Å². The van der Waals surface area contributed by atoms with Crippen molar-refractivity contribution < 1.29 is 4.74 Å². The molecule has 0 aromatic heterocycles. The zero-order valence-electron chi connectivity index (χ0n) is 13.1. The molecule has 0 saturated heterocycles. The molecule has 2 heteroatoms. The first kappa shape index (κ1) is 15.6. The Morgan fingerprint density at radius 1 is 0.952 bits per heavy atom. The summed E-state index contributed by atoms with van der Waals surface area (Å²) in [5.41, 5.74) is 3.98. The first-order valence-electron chi connectivity index (χ1n) is 7.76. The first-order valence-corrected chi connectivity index (χ1v) is 7.76. The number of nitrogens with one attached hydrogen (secondary N) is 1. The topological polar surface area (TPSA) is 21.3 Å². The maximum atomic E-state index is 5.67. The molecule has 0 fully saturated rings. The quantitative estimate of drug-likeness (QED) is 0.722. The standard InChI is InChI=1S/C19H25NO/c1-3-4-13-21-19-11-9-17(10-12-19)14-20-15-18-8-6-5-7-16(18)2/h5-12,20H,3-4,13-15H2,1-2H3. The average molecular weight is 283 g/mol. The van der Waals surface area contributed by atoms with Crippen molar-refractivity contribution in [3.8, 4) is 5.75 Å². The zero-order valence-corrected chi connectivity index (χ0v) is 13.1. The number of aryl methyl sites for hydroxylation is 1. The number of unbranched alkanes of at least 4 members (excludes halogenated alkanes) is 1. The average Bonchev–Trinajstić information content (AvgIpc) is 2.51. The van der Waals surface area contributed by atoms with Crippen molar-refractivity contribution in [2.45, 2.75) is 39.8 Å². The summed E-state index contributed by atoms with van der Waals surface area (Å²) in [6.45, 7) is 6.92. The van der Waals surface area contributed by atoms with Crippen LogP contribution in [0.3, 0.4) is 0 Å². The van der Waals surface area contributed by atoms with E-state index in [1.807, 2.05) is 0 Å². The van der Waals surface area contributed by atoms with Crippen molar-refractivity contribution in [3.05, 3.63) is 65.2 Å². The minimum Gasteiger partial charge on any atom is -0.494 e. The highest BCUT2D eigenvalue weighted by molar-refractivity contribution is 5.28. The van der Waals surface area contributed by atoms with E-state index in [0.29, 0.717) is 0 Å². The third-order valence-corrected chi connectivity index (χ3v) is 3.60. The SMILES string of the molecule is CCCCOc1ccc(CNCc2ccccc2C)cc1. The Balaban J connectivity index is 1.77.